The molecule has 3 nitrogen and oxygen atoms in total. The van der Waals surface area contributed by atoms with Gasteiger partial charge >= 0.3 is 0 Å². The van der Waals surface area contributed by atoms with E-state index in [0.717, 1.165) is 0 Å². The number of hydrogen-bond acceptors (Lipinski definition) is 2. The van der Waals surface area contributed by atoms with Gasteiger partial charge in [0.25, 0.3) is 12.3 Å². The van der Waals surface area contributed by atoms with Gasteiger partial charge in [0, 0.05) is 5.56 Å². The molecule has 0 aliphatic rings. The van der Waals surface area contributed by atoms with Crippen molar-refractivity contribution in [3.63, 3.8) is 0 Å². The van der Waals surface area contributed by atoms with E-state index in [1.807, 2.05) is 5.43 Å². The molecule has 0 spiro atoms. The fourth-order valence-corrected chi connectivity index (χ4v) is 0.806. The number of carbonyl (C=O) groups is 1. The van der Waals surface area contributed by atoms with Crippen LogP contribution >= 0.6 is 0 Å². The molecule has 5 heteroatoms. The van der Waals surface area contributed by atoms with Crippen molar-refractivity contribution >= 4 is 12.1 Å². The third kappa shape index (κ3) is 3.30. The number of hydrogen-bond donors (Lipinski definition) is 1. The maximum absolute atomic E-state index is 11.6. The highest BCUT2D eigenvalue weighted by molar-refractivity contribution is 5.94. The van der Waals surface area contributed by atoms with Gasteiger partial charge in [0.05, 0.1) is 6.21 Å². The monoisotopic (exact) mass is 198 g/mol. The molecule has 14 heavy (non-hydrogen) atoms. The summed E-state index contributed by atoms with van der Waals surface area (Å²) in [5, 5.41) is 3.07. The van der Waals surface area contributed by atoms with Crippen molar-refractivity contribution in [1.82, 2.24) is 5.43 Å². The standard InChI is InChI=1S/C9H8F2N2O/c10-8(11)6-12-13-9(14)7-4-2-1-3-5-7/h1-6,8H,(H,13,14). The number of hydrazone groups is 1. The first-order valence-corrected chi connectivity index (χ1v) is 3.87. The quantitative estimate of drug-likeness (QED) is 0.582. The van der Waals surface area contributed by atoms with Crippen molar-refractivity contribution in [2.75, 3.05) is 0 Å². The molecule has 1 amide bonds. The smallest absolute Gasteiger partial charge is 0.267 e. The summed E-state index contributed by atoms with van der Waals surface area (Å²) in [5.74, 6) is -0.512. The largest absolute Gasteiger partial charge is 0.275 e. The molecule has 74 valence electrons. The first-order valence-electron chi connectivity index (χ1n) is 3.87. The van der Waals surface area contributed by atoms with Crippen LogP contribution < -0.4 is 5.43 Å². The lowest BCUT2D eigenvalue weighted by molar-refractivity contribution is 0.0954. The van der Waals surface area contributed by atoms with E-state index in [1.165, 1.54) is 0 Å². The minimum absolute atomic E-state index is 0.362. The average molecular weight is 198 g/mol. The number of nitrogens with zero attached hydrogens (tertiary/aromatic N) is 1. The molecule has 1 N–H and O–H groups in total. The van der Waals surface area contributed by atoms with E-state index in [9.17, 15) is 13.6 Å². The lowest BCUT2D eigenvalue weighted by Gasteiger charge is -1.97. The van der Waals surface area contributed by atoms with E-state index in [1.54, 1.807) is 30.3 Å². The second kappa shape index (κ2) is 5.06. The molecule has 0 fully saturated rings. The number of halogens is 2. The maximum atomic E-state index is 11.6. The van der Waals surface area contributed by atoms with E-state index in [4.69, 9.17) is 0 Å². The summed E-state index contributed by atoms with van der Waals surface area (Å²) in [6, 6.07) is 8.22. The van der Waals surface area contributed by atoms with Gasteiger partial charge in [-0.15, -0.1) is 0 Å². The van der Waals surface area contributed by atoms with Crippen LogP contribution in [0.25, 0.3) is 0 Å². The van der Waals surface area contributed by atoms with Crippen LogP contribution in [0.4, 0.5) is 8.78 Å². The summed E-state index contributed by atoms with van der Waals surface area (Å²) in [5.41, 5.74) is 2.35. The average Bonchev–Trinajstić information content (AvgIpc) is 2.18. The predicted octanol–water partition coefficient (Wildman–Crippen LogP) is 1.67. The summed E-state index contributed by atoms with van der Waals surface area (Å²) in [4.78, 5) is 11.2. The second-order valence-electron chi connectivity index (χ2n) is 2.42. The van der Waals surface area contributed by atoms with Crippen molar-refractivity contribution in [2.45, 2.75) is 6.43 Å². The van der Waals surface area contributed by atoms with Crippen molar-refractivity contribution in [2.24, 2.45) is 5.10 Å². The molecule has 0 aliphatic carbocycles. The SMILES string of the molecule is O=C(NN=CC(F)F)c1ccccc1. The predicted molar refractivity (Wildman–Crippen MR) is 48.4 cm³/mol. The van der Waals surface area contributed by atoms with Crippen LogP contribution in [0.2, 0.25) is 0 Å². The van der Waals surface area contributed by atoms with Crippen LogP contribution in [0.5, 0.6) is 0 Å². The van der Waals surface area contributed by atoms with E-state index >= 15 is 0 Å². The zero-order valence-corrected chi connectivity index (χ0v) is 7.15. The Morgan fingerprint density at radius 2 is 2.00 bits per heavy atom. The number of amides is 1. The highest BCUT2D eigenvalue weighted by atomic mass is 19.3. The highest BCUT2D eigenvalue weighted by Gasteiger charge is 2.02. The lowest BCUT2D eigenvalue weighted by atomic mass is 10.2. The van der Waals surface area contributed by atoms with Crippen LogP contribution in [-0.4, -0.2) is 18.5 Å². The van der Waals surface area contributed by atoms with Gasteiger partial charge in [0.2, 0.25) is 0 Å². The van der Waals surface area contributed by atoms with E-state index < -0.39 is 12.3 Å². The minimum Gasteiger partial charge on any atom is -0.267 e. The number of alkyl halides is 2. The molecular formula is C9H8F2N2O. The molecule has 0 saturated heterocycles. The van der Waals surface area contributed by atoms with Crippen molar-refractivity contribution < 1.29 is 13.6 Å². The van der Waals surface area contributed by atoms with Crippen LogP contribution in [-0.2, 0) is 0 Å². The van der Waals surface area contributed by atoms with E-state index in [0.29, 0.717) is 11.8 Å². The Morgan fingerprint density at radius 3 is 2.57 bits per heavy atom. The van der Waals surface area contributed by atoms with Gasteiger partial charge in [-0.1, -0.05) is 18.2 Å². The molecule has 1 aromatic rings. The minimum atomic E-state index is -2.66. The summed E-state index contributed by atoms with van der Waals surface area (Å²) in [7, 11) is 0. The summed E-state index contributed by atoms with van der Waals surface area (Å²) in [6.45, 7) is 0. The number of carbonyl (C=O) groups excluding carboxylic acids is 1. The zero-order valence-electron chi connectivity index (χ0n) is 7.15. The van der Waals surface area contributed by atoms with Gasteiger partial charge in [-0.05, 0) is 12.1 Å². The first kappa shape index (κ1) is 10.3. The Labute approximate surface area is 79.4 Å². The number of benzene rings is 1. The highest BCUT2D eigenvalue weighted by Crippen LogP contribution is 1.97. The molecule has 0 radical (unpaired) electrons. The summed E-state index contributed by atoms with van der Waals surface area (Å²) >= 11 is 0. The zero-order chi connectivity index (χ0) is 10.4. The molecule has 0 aromatic heterocycles. The van der Waals surface area contributed by atoms with Gasteiger partial charge in [-0.2, -0.15) is 5.10 Å². The maximum Gasteiger partial charge on any atom is 0.275 e. The van der Waals surface area contributed by atoms with Gasteiger partial charge < -0.3 is 0 Å². The van der Waals surface area contributed by atoms with Crippen molar-refractivity contribution in [3.05, 3.63) is 35.9 Å². The third-order valence-electron chi connectivity index (χ3n) is 1.39. The topological polar surface area (TPSA) is 41.5 Å². The van der Waals surface area contributed by atoms with Gasteiger partial charge in [0.1, 0.15) is 0 Å². The van der Waals surface area contributed by atoms with Gasteiger partial charge in [0.15, 0.2) is 0 Å². The Hall–Kier alpha value is -1.78. The molecule has 1 aromatic carbocycles. The van der Waals surface area contributed by atoms with Gasteiger partial charge in [-0.3, -0.25) is 4.79 Å². The fourth-order valence-electron chi connectivity index (χ4n) is 0.806. The third-order valence-corrected chi connectivity index (χ3v) is 1.39. The van der Waals surface area contributed by atoms with Crippen molar-refractivity contribution in [3.8, 4) is 0 Å². The summed E-state index contributed by atoms with van der Waals surface area (Å²) in [6.07, 6.45) is -2.30. The molecule has 1 rings (SSSR count). The Kier molecular flexibility index (Phi) is 3.72. The van der Waals surface area contributed by atoms with E-state index in [-0.39, 0.29) is 0 Å². The van der Waals surface area contributed by atoms with Gasteiger partial charge in [-0.25, -0.2) is 14.2 Å². The number of nitrogens with one attached hydrogen (secondary N) is 1. The molecule has 0 heterocycles. The second-order valence-corrected chi connectivity index (χ2v) is 2.42. The normalized spacial score (nSPS) is 10.8. The molecule has 0 bridgehead atoms. The first-order chi connectivity index (χ1) is 6.70. The van der Waals surface area contributed by atoms with Crippen LogP contribution in [0.15, 0.2) is 35.4 Å². The lowest BCUT2D eigenvalue weighted by Crippen LogP contribution is -2.18. The fraction of sp³-hybridized carbons (Fsp3) is 0.111. The van der Waals surface area contributed by atoms with Crippen LogP contribution in [0.1, 0.15) is 10.4 Å². The summed E-state index contributed by atoms with van der Waals surface area (Å²) < 4.78 is 23.2. The molecule has 0 unspecified atom stereocenters. The van der Waals surface area contributed by atoms with Crippen LogP contribution in [0.3, 0.4) is 0 Å². The Bertz CT molecular complexity index is 325. The van der Waals surface area contributed by atoms with E-state index in [2.05, 4.69) is 5.10 Å². The van der Waals surface area contributed by atoms with Crippen molar-refractivity contribution in [1.29, 1.82) is 0 Å². The molecule has 0 saturated carbocycles. The Morgan fingerprint density at radius 1 is 1.36 bits per heavy atom. The molecule has 0 aliphatic heterocycles. The molecule has 0 atom stereocenters. The van der Waals surface area contributed by atoms with Crippen LogP contribution in [0, 0.1) is 0 Å². The Balaban J connectivity index is 2.52. The molecular weight excluding hydrogens is 190 g/mol. The number of rotatable bonds is 3.